The topological polar surface area (TPSA) is 55.9 Å². The van der Waals surface area contributed by atoms with E-state index in [9.17, 15) is 14.0 Å². The predicted molar refractivity (Wildman–Crippen MR) is 133 cm³/mol. The van der Waals surface area contributed by atoms with Crippen LogP contribution in [0, 0.1) is 12.7 Å². The summed E-state index contributed by atoms with van der Waals surface area (Å²) >= 11 is 6.22. The molecule has 2 aliphatic rings. The number of hydrogen-bond acceptors (Lipinski definition) is 4. The number of nitrogens with zero attached hydrogens (tertiary/aromatic N) is 3. The van der Waals surface area contributed by atoms with Crippen molar-refractivity contribution in [2.45, 2.75) is 32.5 Å². The molecule has 0 aliphatic carbocycles. The molecule has 4 rings (SSSR count). The second-order valence-corrected chi connectivity index (χ2v) is 9.68. The molecule has 8 heteroatoms. The number of nitrogens with one attached hydrogen (secondary N) is 1. The highest BCUT2D eigenvalue weighted by atomic mass is 35.5. The zero-order chi connectivity index (χ0) is 24.4. The van der Waals surface area contributed by atoms with E-state index in [2.05, 4.69) is 22.2 Å². The zero-order valence-corrected chi connectivity index (χ0v) is 20.5. The maximum atomic E-state index is 13.3. The van der Waals surface area contributed by atoms with Gasteiger partial charge in [0.25, 0.3) is 0 Å². The lowest BCUT2D eigenvalue weighted by atomic mass is 9.99. The first kappa shape index (κ1) is 24.4. The first-order valence-electron chi connectivity index (χ1n) is 11.4. The third kappa shape index (κ3) is 5.66. The van der Waals surface area contributed by atoms with Gasteiger partial charge in [-0.3, -0.25) is 14.5 Å². The molecule has 2 fully saturated rings. The van der Waals surface area contributed by atoms with E-state index in [4.69, 9.17) is 11.6 Å². The number of rotatable bonds is 5. The van der Waals surface area contributed by atoms with Crippen LogP contribution in [0.2, 0.25) is 5.02 Å². The van der Waals surface area contributed by atoms with Crippen LogP contribution in [0.5, 0.6) is 0 Å². The molecule has 2 atom stereocenters. The van der Waals surface area contributed by atoms with Gasteiger partial charge >= 0.3 is 0 Å². The number of amides is 2. The second kappa shape index (κ2) is 10.3. The Morgan fingerprint density at radius 2 is 1.76 bits per heavy atom. The molecule has 2 amide bonds. The molecule has 2 bridgehead atoms. The van der Waals surface area contributed by atoms with Crippen molar-refractivity contribution in [1.29, 1.82) is 0 Å². The van der Waals surface area contributed by atoms with Crippen LogP contribution in [-0.4, -0.2) is 71.8 Å². The molecule has 2 aliphatic heterocycles. The average molecular weight is 485 g/mol. The van der Waals surface area contributed by atoms with E-state index in [0.717, 1.165) is 36.3 Å². The SMILES string of the molecule is CC(=O)Nc1cc(Cl)c(C)cc1/C=C/C(=O)N1CC2CN(C)CC(C1)N2Cc1ccc(F)cc1. The first-order chi connectivity index (χ1) is 16.2. The van der Waals surface area contributed by atoms with Crippen molar-refractivity contribution in [3.05, 3.63) is 70.0 Å². The molecule has 0 spiro atoms. The standard InChI is InChI=1S/C26H30ClFN4O2/c1-17-10-20(25(11-24(17)27)29-18(2)33)6-9-26(34)31-15-22-13-30(3)14-23(16-31)32(22)12-19-4-7-21(28)8-5-19/h4-11,22-23H,12-16H2,1-3H3,(H,29,33)/b9-6+. The van der Waals surface area contributed by atoms with Gasteiger partial charge in [0, 0.05) is 68.5 Å². The smallest absolute Gasteiger partial charge is 0.246 e. The number of piperazine rings is 2. The highest BCUT2D eigenvalue weighted by molar-refractivity contribution is 6.31. The highest BCUT2D eigenvalue weighted by Gasteiger charge is 2.40. The van der Waals surface area contributed by atoms with Crippen molar-refractivity contribution in [3.63, 3.8) is 0 Å². The van der Waals surface area contributed by atoms with Crippen LogP contribution < -0.4 is 5.32 Å². The van der Waals surface area contributed by atoms with Crippen LogP contribution in [0.3, 0.4) is 0 Å². The van der Waals surface area contributed by atoms with Gasteiger partial charge in [0.1, 0.15) is 5.82 Å². The Balaban J connectivity index is 1.48. The summed E-state index contributed by atoms with van der Waals surface area (Å²) in [6.07, 6.45) is 3.31. The van der Waals surface area contributed by atoms with Crippen molar-refractivity contribution >= 4 is 35.2 Å². The minimum Gasteiger partial charge on any atom is -0.336 e. The van der Waals surface area contributed by atoms with Crippen molar-refractivity contribution in [1.82, 2.24) is 14.7 Å². The maximum absolute atomic E-state index is 13.3. The van der Waals surface area contributed by atoms with Gasteiger partial charge in [0.2, 0.25) is 11.8 Å². The summed E-state index contributed by atoms with van der Waals surface area (Å²) in [5, 5.41) is 3.34. The third-order valence-corrected chi connectivity index (χ3v) is 6.89. The summed E-state index contributed by atoms with van der Waals surface area (Å²) in [5.41, 5.74) is 3.26. The number of halogens is 2. The predicted octanol–water partition coefficient (Wildman–Crippen LogP) is 3.79. The number of likely N-dealkylation sites (N-methyl/N-ethyl adjacent to an activating group) is 1. The number of carbonyl (C=O) groups excluding carboxylic acids is 2. The minimum absolute atomic E-state index is 0.0534. The van der Waals surface area contributed by atoms with Crippen molar-refractivity contribution in [3.8, 4) is 0 Å². The average Bonchev–Trinajstić information content (AvgIpc) is 2.76. The van der Waals surface area contributed by atoms with Gasteiger partial charge in [0.15, 0.2) is 0 Å². The number of fused-ring (bicyclic) bond motifs is 2. The lowest BCUT2D eigenvalue weighted by Gasteiger charge is -2.52. The molecule has 180 valence electrons. The molecule has 34 heavy (non-hydrogen) atoms. The van der Waals surface area contributed by atoms with E-state index >= 15 is 0 Å². The lowest BCUT2D eigenvalue weighted by molar-refractivity contribution is -0.134. The molecule has 2 saturated heterocycles. The maximum Gasteiger partial charge on any atom is 0.246 e. The summed E-state index contributed by atoms with van der Waals surface area (Å²) in [6.45, 7) is 7.06. The molecule has 2 unspecified atom stereocenters. The summed E-state index contributed by atoms with van der Waals surface area (Å²) in [4.78, 5) is 31.4. The van der Waals surface area contributed by atoms with E-state index < -0.39 is 0 Å². The van der Waals surface area contributed by atoms with Crippen molar-refractivity contribution in [2.75, 3.05) is 38.5 Å². The molecule has 1 N–H and O–H groups in total. The van der Waals surface area contributed by atoms with E-state index in [1.54, 1.807) is 18.2 Å². The van der Waals surface area contributed by atoms with Gasteiger partial charge in [0.05, 0.1) is 0 Å². The van der Waals surface area contributed by atoms with Crippen LogP contribution in [0.4, 0.5) is 10.1 Å². The largest absolute Gasteiger partial charge is 0.336 e. The fourth-order valence-corrected chi connectivity index (χ4v) is 5.02. The zero-order valence-electron chi connectivity index (χ0n) is 19.7. The van der Waals surface area contributed by atoms with Crippen molar-refractivity contribution < 1.29 is 14.0 Å². The minimum atomic E-state index is -0.233. The monoisotopic (exact) mass is 484 g/mol. The number of aryl methyl sites for hydroxylation is 1. The molecule has 0 aromatic heterocycles. The molecule has 0 radical (unpaired) electrons. The molecule has 2 aromatic rings. The summed E-state index contributed by atoms with van der Waals surface area (Å²) in [6, 6.07) is 10.6. The number of anilines is 1. The Bertz CT molecular complexity index is 1090. The molecular formula is C26H30ClFN4O2. The first-order valence-corrected chi connectivity index (χ1v) is 11.8. The Hall–Kier alpha value is -2.74. The van der Waals surface area contributed by atoms with E-state index in [1.807, 2.05) is 30.0 Å². The third-order valence-electron chi connectivity index (χ3n) is 6.48. The van der Waals surface area contributed by atoms with Crippen LogP contribution in [0.15, 0.2) is 42.5 Å². The lowest BCUT2D eigenvalue weighted by Crippen LogP contribution is -2.68. The van der Waals surface area contributed by atoms with E-state index in [0.29, 0.717) is 23.8 Å². The fraction of sp³-hybridized carbons (Fsp3) is 0.385. The molecular weight excluding hydrogens is 455 g/mol. The Morgan fingerprint density at radius 1 is 1.12 bits per heavy atom. The Kier molecular flexibility index (Phi) is 7.36. The van der Waals surface area contributed by atoms with Crippen LogP contribution >= 0.6 is 11.6 Å². The van der Waals surface area contributed by atoms with Gasteiger partial charge in [-0.1, -0.05) is 23.7 Å². The van der Waals surface area contributed by atoms with Gasteiger partial charge < -0.3 is 15.1 Å². The fourth-order valence-electron chi connectivity index (χ4n) is 4.86. The Labute approximate surface area is 205 Å². The molecule has 6 nitrogen and oxygen atoms in total. The van der Waals surface area contributed by atoms with Gasteiger partial charge in [-0.15, -0.1) is 0 Å². The quantitative estimate of drug-likeness (QED) is 0.656. The van der Waals surface area contributed by atoms with Gasteiger partial charge in [-0.25, -0.2) is 4.39 Å². The highest BCUT2D eigenvalue weighted by Crippen LogP contribution is 2.27. The van der Waals surface area contributed by atoms with Crippen molar-refractivity contribution in [2.24, 2.45) is 0 Å². The van der Waals surface area contributed by atoms with E-state index in [-0.39, 0.29) is 29.7 Å². The second-order valence-electron chi connectivity index (χ2n) is 9.27. The van der Waals surface area contributed by atoms with Crippen LogP contribution in [-0.2, 0) is 16.1 Å². The van der Waals surface area contributed by atoms with Crippen LogP contribution in [0.1, 0.15) is 23.6 Å². The normalized spacial score (nSPS) is 21.1. The van der Waals surface area contributed by atoms with Gasteiger partial charge in [-0.05, 0) is 61.0 Å². The molecule has 2 heterocycles. The summed E-state index contributed by atoms with van der Waals surface area (Å²) in [5.74, 6) is -0.485. The van der Waals surface area contributed by atoms with Gasteiger partial charge in [-0.2, -0.15) is 0 Å². The number of carbonyl (C=O) groups is 2. The summed E-state index contributed by atoms with van der Waals surface area (Å²) in [7, 11) is 2.11. The molecule has 2 aromatic carbocycles. The van der Waals surface area contributed by atoms with Crippen LogP contribution in [0.25, 0.3) is 6.08 Å². The number of benzene rings is 2. The number of hydrogen-bond donors (Lipinski definition) is 1. The van der Waals surface area contributed by atoms with E-state index in [1.165, 1.54) is 19.1 Å². The summed E-state index contributed by atoms with van der Waals surface area (Å²) < 4.78 is 13.3. The molecule has 0 saturated carbocycles. The Morgan fingerprint density at radius 3 is 2.38 bits per heavy atom.